The first-order chi connectivity index (χ1) is 20.4. The molecule has 6 rings (SSSR count). The maximum absolute atomic E-state index is 12.9. The van der Waals surface area contributed by atoms with Crippen molar-refractivity contribution in [2.24, 2.45) is 0 Å². The molecule has 2 aliphatic rings. The summed E-state index contributed by atoms with van der Waals surface area (Å²) in [5.74, 6) is -1.01. The lowest BCUT2D eigenvalue weighted by Crippen LogP contribution is -2.43. The molecular formula is C32H28NO8P. The largest absolute Gasteiger partial charge is 0.530 e. The predicted molar refractivity (Wildman–Crippen MR) is 154 cm³/mol. The van der Waals surface area contributed by atoms with Crippen LogP contribution >= 0.6 is 7.82 Å². The van der Waals surface area contributed by atoms with E-state index < -0.39 is 25.9 Å². The van der Waals surface area contributed by atoms with Gasteiger partial charge in [-0.15, -0.1) is 0 Å². The molecular weight excluding hydrogens is 557 g/mol. The first-order valence-corrected chi connectivity index (χ1v) is 14.9. The molecule has 0 saturated carbocycles. The standard InChI is InChI=1S/C32H28NO8P/c34-31(35)29(33-32(36)38-20-28-26-12-6-4-10-24(26)25-11-5-7-13-27(25)28)17-22-14-15-30-23(16-22)19-40-42(37,41-30)39-18-21-8-2-1-3-9-21/h1-16,28-29H,17-20H2,(H,33,36)(H,34,35). The van der Waals surface area contributed by atoms with Gasteiger partial charge in [0.25, 0.3) is 0 Å². The number of fused-ring (bicyclic) bond motifs is 4. The van der Waals surface area contributed by atoms with E-state index in [1.54, 1.807) is 18.2 Å². The number of carboxylic acids is 1. The number of rotatable bonds is 9. The fraction of sp³-hybridized carbons (Fsp3) is 0.188. The van der Waals surface area contributed by atoms with Crippen LogP contribution in [0.3, 0.4) is 0 Å². The average Bonchev–Trinajstić information content (AvgIpc) is 3.33. The van der Waals surface area contributed by atoms with Gasteiger partial charge in [-0.05, 0) is 45.5 Å². The third-order valence-corrected chi connectivity index (χ3v) is 8.63. The van der Waals surface area contributed by atoms with E-state index in [-0.39, 0.29) is 32.2 Å². The zero-order chi connectivity index (χ0) is 29.1. The fourth-order valence-corrected chi connectivity index (χ4v) is 6.47. The second-order valence-electron chi connectivity index (χ2n) is 10.1. The van der Waals surface area contributed by atoms with Crippen molar-refractivity contribution < 1.29 is 37.6 Å². The topological polar surface area (TPSA) is 120 Å². The van der Waals surface area contributed by atoms with Crippen LogP contribution in [0.5, 0.6) is 5.75 Å². The summed E-state index contributed by atoms with van der Waals surface area (Å²) >= 11 is 0. The number of alkyl carbamates (subject to hydrolysis) is 1. The molecule has 4 aromatic carbocycles. The number of amides is 1. The van der Waals surface area contributed by atoms with Crippen LogP contribution < -0.4 is 9.84 Å². The highest BCUT2D eigenvalue weighted by molar-refractivity contribution is 7.49. The molecule has 2 N–H and O–H groups in total. The van der Waals surface area contributed by atoms with Crippen LogP contribution in [0.15, 0.2) is 97.1 Å². The van der Waals surface area contributed by atoms with Crippen molar-refractivity contribution in [2.45, 2.75) is 31.6 Å². The lowest BCUT2D eigenvalue weighted by Gasteiger charge is -2.25. The van der Waals surface area contributed by atoms with Gasteiger partial charge in [0.2, 0.25) is 0 Å². The molecule has 214 valence electrons. The third-order valence-electron chi connectivity index (χ3n) is 7.32. The molecule has 1 amide bonds. The van der Waals surface area contributed by atoms with Gasteiger partial charge in [0.15, 0.2) is 0 Å². The molecule has 0 saturated heterocycles. The van der Waals surface area contributed by atoms with E-state index >= 15 is 0 Å². The zero-order valence-electron chi connectivity index (χ0n) is 22.5. The van der Waals surface area contributed by atoms with Gasteiger partial charge >= 0.3 is 19.9 Å². The summed E-state index contributed by atoms with van der Waals surface area (Å²) in [5, 5.41) is 12.3. The Kier molecular flexibility index (Phi) is 7.80. The molecule has 1 aliphatic heterocycles. The molecule has 2 atom stereocenters. The molecule has 0 spiro atoms. The van der Waals surface area contributed by atoms with E-state index in [0.29, 0.717) is 16.9 Å². The number of nitrogens with one attached hydrogen (secondary N) is 1. The van der Waals surface area contributed by atoms with Gasteiger partial charge in [-0.1, -0.05) is 84.9 Å². The Hall–Kier alpha value is -4.43. The van der Waals surface area contributed by atoms with Gasteiger partial charge in [0.1, 0.15) is 18.4 Å². The second-order valence-corrected chi connectivity index (χ2v) is 11.7. The van der Waals surface area contributed by atoms with Crippen molar-refractivity contribution in [3.05, 3.63) is 125 Å². The Bertz CT molecular complexity index is 1630. The minimum Gasteiger partial charge on any atom is -0.480 e. The number of carbonyl (C=O) groups is 2. The third kappa shape index (κ3) is 5.94. The Morgan fingerprint density at radius 3 is 2.26 bits per heavy atom. The van der Waals surface area contributed by atoms with Gasteiger partial charge in [-0.25, -0.2) is 14.2 Å². The molecule has 9 nitrogen and oxygen atoms in total. The van der Waals surface area contributed by atoms with Crippen molar-refractivity contribution in [1.29, 1.82) is 0 Å². The van der Waals surface area contributed by atoms with Gasteiger partial charge < -0.3 is 19.7 Å². The number of benzene rings is 4. The average molecular weight is 586 g/mol. The lowest BCUT2D eigenvalue weighted by atomic mass is 9.98. The number of phosphoric acid groups is 1. The van der Waals surface area contributed by atoms with Crippen LogP contribution in [0.25, 0.3) is 11.1 Å². The van der Waals surface area contributed by atoms with E-state index in [4.69, 9.17) is 18.3 Å². The fourth-order valence-electron chi connectivity index (χ4n) is 5.27. The first-order valence-electron chi connectivity index (χ1n) is 13.5. The highest BCUT2D eigenvalue weighted by Gasteiger charge is 2.35. The smallest absolute Gasteiger partial charge is 0.480 e. The SMILES string of the molecule is O=C(NC(Cc1ccc2c(c1)COP(=O)(OCc1ccccc1)O2)C(=O)O)OCC1c2ccccc2-c2ccccc21. The Morgan fingerprint density at radius 2 is 1.57 bits per heavy atom. The molecule has 2 unspecified atom stereocenters. The van der Waals surface area contributed by atoms with Crippen LogP contribution in [-0.2, 0) is 42.8 Å². The Balaban J connectivity index is 1.07. The maximum Gasteiger partial charge on any atom is 0.530 e. The second kappa shape index (κ2) is 11.8. The number of hydrogen-bond donors (Lipinski definition) is 2. The molecule has 1 heterocycles. The van der Waals surface area contributed by atoms with Crippen LogP contribution in [-0.4, -0.2) is 29.8 Å². The van der Waals surface area contributed by atoms with E-state index in [0.717, 1.165) is 27.8 Å². The Labute approximate surface area is 242 Å². The predicted octanol–water partition coefficient (Wildman–Crippen LogP) is 6.45. The normalized spacial score (nSPS) is 17.7. The van der Waals surface area contributed by atoms with E-state index in [1.165, 1.54) is 0 Å². The molecule has 42 heavy (non-hydrogen) atoms. The molecule has 0 aromatic heterocycles. The summed E-state index contributed by atoms with van der Waals surface area (Å²) in [4.78, 5) is 24.7. The highest BCUT2D eigenvalue weighted by atomic mass is 31.2. The quantitative estimate of drug-likeness (QED) is 0.215. The number of carbonyl (C=O) groups excluding carboxylic acids is 1. The van der Waals surface area contributed by atoms with Crippen LogP contribution in [0.4, 0.5) is 4.79 Å². The van der Waals surface area contributed by atoms with Gasteiger partial charge in [0, 0.05) is 17.9 Å². The summed E-state index contributed by atoms with van der Waals surface area (Å²) in [5.41, 5.74) is 6.37. The lowest BCUT2D eigenvalue weighted by molar-refractivity contribution is -0.139. The summed E-state index contributed by atoms with van der Waals surface area (Å²) in [6.07, 6.45) is -0.819. The van der Waals surface area contributed by atoms with Crippen molar-refractivity contribution in [3.8, 4) is 16.9 Å². The maximum atomic E-state index is 12.9. The summed E-state index contributed by atoms with van der Waals surface area (Å²) in [6, 6.07) is 28.9. The van der Waals surface area contributed by atoms with Crippen molar-refractivity contribution in [1.82, 2.24) is 5.32 Å². The van der Waals surface area contributed by atoms with E-state index in [2.05, 4.69) is 5.32 Å². The van der Waals surface area contributed by atoms with Crippen molar-refractivity contribution in [2.75, 3.05) is 6.61 Å². The van der Waals surface area contributed by atoms with E-state index in [1.807, 2.05) is 78.9 Å². The number of carboxylic acid groups (broad SMARTS) is 1. The van der Waals surface area contributed by atoms with Gasteiger partial charge in [0.05, 0.1) is 13.2 Å². The highest BCUT2D eigenvalue weighted by Crippen LogP contribution is 2.55. The first kappa shape index (κ1) is 27.7. The van der Waals surface area contributed by atoms with Crippen molar-refractivity contribution in [3.63, 3.8) is 0 Å². The molecule has 0 radical (unpaired) electrons. The number of aliphatic carboxylic acids is 1. The monoisotopic (exact) mass is 585 g/mol. The molecule has 4 aromatic rings. The Morgan fingerprint density at radius 1 is 0.905 bits per heavy atom. The van der Waals surface area contributed by atoms with Crippen LogP contribution in [0, 0.1) is 0 Å². The van der Waals surface area contributed by atoms with Gasteiger partial charge in [-0.2, -0.15) is 0 Å². The minimum atomic E-state index is -3.81. The number of hydrogen-bond acceptors (Lipinski definition) is 7. The molecule has 1 aliphatic carbocycles. The number of ether oxygens (including phenoxy) is 1. The van der Waals surface area contributed by atoms with Crippen LogP contribution in [0.1, 0.15) is 33.7 Å². The summed E-state index contributed by atoms with van der Waals surface area (Å²) in [6.45, 7) is 0.103. The van der Waals surface area contributed by atoms with Gasteiger partial charge in [-0.3, -0.25) is 9.05 Å². The summed E-state index contributed by atoms with van der Waals surface area (Å²) in [7, 11) is -3.81. The minimum absolute atomic E-state index is 0.00498. The zero-order valence-corrected chi connectivity index (χ0v) is 23.4. The van der Waals surface area contributed by atoms with Crippen LogP contribution in [0.2, 0.25) is 0 Å². The molecule has 10 heteroatoms. The summed E-state index contributed by atoms with van der Waals surface area (Å²) < 4.78 is 34.9. The molecule has 0 fully saturated rings. The van der Waals surface area contributed by atoms with Crippen molar-refractivity contribution >= 4 is 19.9 Å². The molecule has 0 bridgehead atoms. The van der Waals surface area contributed by atoms with E-state index in [9.17, 15) is 19.3 Å². The number of phosphoric ester groups is 1.